The molecule has 0 aliphatic rings. The Morgan fingerprint density at radius 3 is 1.54 bits per heavy atom. The molecule has 0 aromatic heterocycles. The Kier molecular flexibility index (Phi) is 6.35. The minimum atomic E-state index is 0.263. The summed E-state index contributed by atoms with van der Waals surface area (Å²) in [6.45, 7) is 13.4. The van der Waals surface area contributed by atoms with Gasteiger partial charge in [0.25, 0.3) is 0 Å². The van der Waals surface area contributed by atoms with Gasteiger partial charge in [-0.15, -0.1) is 0 Å². The standard InChI is InChI=1S/C11H25NO/c1-9(2)6-12(7-10(3)4)11(5)8-13/h9-11,13H,6-8H2,1-5H3. The predicted octanol–water partition coefficient (Wildman–Crippen LogP) is 1.98. The molecule has 0 spiro atoms. The van der Waals surface area contributed by atoms with E-state index < -0.39 is 0 Å². The van der Waals surface area contributed by atoms with Crippen molar-refractivity contribution in [2.45, 2.75) is 40.7 Å². The summed E-state index contributed by atoms with van der Waals surface area (Å²) in [7, 11) is 0. The Labute approximate surface area is 82.9 Å². The molecular formula is C11H25NO. The van der Waals surface area contributed by atoms with Crippen molar-refractivity contribution >= 4 is 0 Å². The molecule has 0 saturated carbocycles. The van der Waals surface area contributed by atoms with Crippen LogP contribution in [-0.2, 0) is 0 Å². The molecule has 1 N–H and O–H groups in total. The van der Waals surface area contributed by atoms with Crippen LogP contribution in [0.15, 0.2) is 0 Å². The summed E-state index contributed by atoms with van der Waals surface area (Å²) < 4.78 is 0. The van der Waals surface area contributed by atoms with Crippen molar-refractivity contribution in [3.63, 3.8) is 0 Å². The zero-order chi connectivity index (χ0) is 10.4. The van der Waals surface area contributed by atoms with Crippen LogP contribution in [0.25, 0.3) is 0 Å². The molecule has 1 atom stereocenters. The van der Waals surface area contributed by atoms with Gasteiger partial charge in [-0.3, -0.25) is 4.90 Å². The summed E-state index contributed by atoms with van der Waals surface area (Å²) in [5.74, 6) is 1.35. The lowest BCUT2D eigenvalue weighted by Gasteiger charge is -2.30. The summed E-state index contributed by atoms with van der Waals surface area (Å²) in [5, 5.41) is 9.09. The summed E-state index contributed by atoms with van der Waals surface area (Å²) in [6.07, 6.45) is 0. The first-order valence-corrected chi connectivity index (χ1v) is 5.32. The Morgan fingerprint density at radius 2 is 1.31 bits per heavy atom. The maximum atomic E-state index is 9.09. The van der Waals surface area contributed by atoms with Gasteiger partial charge in [-0.2, -0.15) is 0 Å². The molecule has 0 aromatic rings. The van der Waals surface area contributed by atoms with Gasteiger partial charge in [-0.25, -0.2) is 0 Å². The Morgan fingerprint density at radius 1 is 0.923 bits per heavy atom. The van der Waals surface area contributed by atoms with E-state index in [1.54, 1.807) is 0 Å². The van der Waals surface area contributed by atoms with E-state index in [1.165, 1.54) is 0 Å². The summed E-state index contributed by atoms with van der Waals surface area (Å²) in [5.41, 5.74) is 0. The lowest BCUT2D eigenvalue weighted by molar-refractivity contribution is 0.111. The van der Waals surface area contributed by atoms with Crippen molar-refractivity contribution in [3.05, 3.63) is 0 Å². The van der Waals surface area contributed by atoms with Crippen LogP contribution >= 0.6 is 0 Å². The fourth-order valence-electron chi connectivity index (χ4n) is 1.49. The van der Waals surface area contributed by atoms with E-state index in [-0.39, 0.29) is 6.61 Å². The molecule has 0 amide bonds. The van der Waals surface area contributed by atoms with Crippen LogP contribution in [0.5, 0.6) is 0 Å². The number of aliphatic hydroxyl groups excluding tert-OH is 1. The van der Waals surface area contributed by atoms with Crippen LogP contribution < -0.4 is 0 Å². The summed E-state index contributed by atoms with van der Waals surface area (Å²) >= 11 is 0. The van der Waals surface area contributed by atoms with Gasteiger partial charge in [0.15, 0.2) is 0 Å². The Balaban J connectivity index is 4.02. The fraction of sp³-hybridized carbons (Fsp3) is 1.00. The highest BCUT2D eigenvalue weighted by Crippen LogP contribution is 2.07. The van der Waals surface area contributed by atoms with Crippen LogP contribution in [-0.4, -0.2) is 35.7 Å². The molecule has 80 valence electrons. The maximum Gasteiger partial charge on any atom is 0.0584 e. The van der Waals surface area contributed by atoms with Gasteiger partial charge in [-0.05, 0) is 18.8 Å². The third-order valence-electron chi connectivity index (χ3n) is 2.09. The Bertz CT molecular complexity index is 113. The highest BCUT2D eigenvalue weighted by Gasteiger charge is 2.14. The summed E-state index contributed by atoms with van der Waals surface area (Å²) in [4.78, 5) is 2.37. The molecule has 0 aromatic carbocycles. The van der Waals surface area contributed by atoms with E-state index in [1.807, 2.05) is 0 Å². The number of nitrogens with zero attached hydrogens (tertiary/aromatic N) is 1. The quantitative estimate of drug-likeness (QED) is 0.687. The van der Waals surface area contributed by atoms with E-state index in [0.29, 0.717) is 17.9 Å². The zero-order valence-electron chi connectivity index (χ0n) is 9.75. The molecule has 0 rings (SSSR count). The predicted molar refractivity (Wildman–Crippen MR) is 57.8 cm³/mol. The minimum Gasteiger partial charge on any atom is -0.395 e. The lowest BCUT2D eigenvalue weighted by atomic mass is 10.1. The van der Waals surface area contributed by atoms with Gasteiger partial charge >= 0.3 is 0 Å². The van der Waals surface area contributed by atoms with Crippen molar-refractivity contribution in [1.82, 2.24) is 4.90 Å². The second-order valence-electron chi connectivity index (χ2n) is 4.77. The normalized spacial score (nSPS) is 14.5. The van der Waals surface area contributed by atoms with Crippen molar-refractivity contribution in [2.75, 3.05) is 19.7 Å². The smallest absolute Gasteiger partial charge is 0.0584 e. The van der Waals surface area contributed by atoms with Crippen molar-refractivity contribution in [2.24, 2.45) is 11.8 Å². The van der Waals surface area contributed by atoms with Gasteiger partial charge in [0.2, 0.25) is 0 Å². The molecule has 0 aliphatic heterocycles. The maximum absolute atomic E-state index is 9.09. The van der Waals surface area contributed by atoms with Gasteiger partial charge in [-0.1, -0.05) is 27.7 Å². The third-order valence-corrected chi connectivity index (χ3v) is 2.09. The molecule has 2 nitrogen and oxygen atoms in total. The molecule has 0 heterocycles. The average molecular weight is 187 g/mol. The number of hydrogen-bond acceptors (Lipinski definition) is 2. The number of hydrogen-bond donors (Lipinski definition) is 1. The molecule has 1 unspecified atom stereocenters. The summed E-state index contributed by atoms with van der Waals surface area (Å²) in [6, 6.07) is 0.296. The average Bonchev–Trinajstić information content (AvgIpc) is 2.00. The highest BCUT2D eigenvalue weighted by molar-refractivity contribution is 4.68. The van der Waals surface area contributed by atoms with Crippen molar-refractivity contribution in [1.29, 1.82) is 0 Å². The molecule has 0 aliphatic carbocycles. The van der Waals surface area contributed by atoms with E-state index >= 15 is 0 Å². The SMILES string of the molecule is CC(C)CN(CC(C)C)C(C)CO. The van der Waals surface area contributed by atoms with E-state index in [2.05, 4.69) is 39.5 Å². The van der Waals surface area contributed by atoms with Crippen LogP contribution in [0.1, 0.15) is 34.6 Å². The van der Waals surface area contributed by atoms with E-state index in [0.717, 1.165) is 13.1 Å². The van der Waals surface area contributed by atoms with Gasteiger partial charge in [0.1, 0.15) is 0 Å². The topological polar surface area (TPSA) is 23.5 Å². The molecule has 13 heavy (non-hydrogen) atoms. The largest absolute Gasteiger partial charge is 0.395 e. The fourth-order valence-corrected chi connectivity index (χ4v) is 1.49. The molecule has 2 heteroatoms. The van der Waals surface area contributed by atoms with Crippen LogP contribution in [0, 0.1) is 11.8 Å². The van der Waals surface area contributed by atoms with Crippen LogP contribution in [0.3, 0.4) is 0 Å². The zero-order valence-corrected chi connectivity index (χ0v) is 9.75. The number of aliphatic hydroxyl groups is 1. The first kappa shape index (κ1) is 12.9. The first-order valence-electron chi connectivity index (χ1n) is 5.32. The second kappa shape index (κ2) is 6.39. The van der Waals surface area contributed by atoms with Gasteiger partial charge in [0, 0.05) is 19.1 Å². The highest BCUT2D eigenvalue weighted by atomic mass is 16.3. The second-order valence-corrected chi connectivity index (χ2v) is 4.77. The van der Waals surface area contributed by atoms with E-state index in [9.17, 15) is 0 Å². The van der Waals surface area contributed by atoms with Crippen LogP contribution in [0.4, 0.5) is 0 Å². The number of rotatable bonds is 6. The molecule has 0 saturated heterocycles. The van der Waals surface area contributed by atoms with Crippen molar-refractivity contribution in [3.8, 4) is 0 Å². The molecule has 0 fully saturated rings. The molecule has 0 bridgehead atoms. The Hall–Kier alpha value is -0.0800. The van der Waals surface area contributed by atoms with Crippen molar-refractivity contribution < 1.29 is 5.11 Å². The van der Waals surface area contributed by atoms with Gasteiger partial charge in [0.05, 0.1) is 6.61 Å². The first-order chi connectivity index (χ1) is 5.97. The molecular weight excluding hydrogens is 162 g/mol. The van der Waals surface area contributed by atoms with E-state index in [4.69, 9.17) is 5.11 Å². The molecule has 0 radical (unpaired) electrons. The minimum absolute atomic E-state index is 0.263. The monoisotopic (exact) mass is 187 g/mol. The van der Waals surface area contributed by atoms with Gasteiger partial charge < -0.3 is 5.11 Å². The lowest BCUT2D eigenvalue weighted by Crippen LogP contribution is -2.40. The third kappa shape index (κ3) is 6.05. The van der Waals surface area contributed by atoms with Crippen LogP contribution in [0.2, 0.25) is 0 Å².